The van der Waals surface area contributed by atoms with E-state index in [0.717, 1.165) is 38.1 Å². The fourth-order valence-corrected chi connectivity index (χ4v) is 7.31. The van der Waals surface area contributed by atoms with E-state index in [1.54, 1.807) is 17.4 Å². The molecule has 0 spiro atoms. The number of aliphatic imine (C=N–C) groups is 1. The summed E-state index contributed by atoms with van der Waals surface area (Å²) in [7, 11) is 0. The van der Waals surface area contributed by atoms with Crippen LogP contribution in [0.1, 0.15) is 81.7 Å². The Hall–Kier alpha value is -4.95. The molecular formula is C35H36ClFN8O4S. The van der Waals surface area contributed by atoms with E-state index in [9.17, 15) is 23.6 Å². The topological polar surface area (TPSA) is 159 Å². The third-order valence-corrected chi connectivity index (χ3v) is 10.2. The zero-order chi connectivity index (χ0) is 35.5. The van der Waals surface area contributed by atoms with Crippen LogP contribution in [0.4, 0.5) is 10.1 Å². The third kappa shape index (κ3) is 7.45. The fraction of sp³-hybridized carbons (Fsp3) is 0.343. The molecule has 0 radical (unpaired) electrons. The maximum Gasteiger partial charge on any atom is 0.254 e. The Kier molecular flexibility index (Phi) is 10.4. The molecule has 1 saturated heterocycles. The molecule has 6 rings (SSSR count). The number of carbonyl (C=O) groups excluding carboxylic acids is 4. The van der Waals surface area contributed by atoms with Gasteiger partial charge in [0, 0.05) is 46.2 Å². The number of nitrogens with one attached hydrogen (secondary N) is 4. The van der Waals surface area contributed by atoms with Crippen molar-refractivity contribution in [1.82, 2.24) is 30.7 Å². The van der Waals surface area contributed by atoms with E-state index in [2.05, 4.69) is 45.3 Å². The zero-order valence-electron chi connectivity index (χ0n) is 27.7. The van der Waals surface area contributed by atoms with Gasteiger partial charge in [0.05, 0.1) is 17.7 Å². The van der Waals surface area contributed by atoms with E-state index >= 15 is 0 Å². The van der Waals surface area contributed by atoms with E-state index in [4.69, 9.17) is 16.6 Å². The van der Waals surface area contributed by atoms with Crippen molar-refractivity contribution in [2.45, 2.75) is 65.0 Å². The first-order chi connectivity index (χ1) is 24.0. The Morgan fingerprint density at radius 3 is 2.56 bits per heavy atom. The van der Waals surface area contributed by atoms with Crippen LogP contribution in [0.3, 0.4) is 0 Å². The van der Waals surface area contributed by atoms with Crippen molar-refractivity contribution in [3.8, 4) is 5.00 Å². The predicted octanol–water partition coefficient (Wildman–Crippen LogP) is 4.87. The van der Waals surface area contributed by atoms with Crippen LogP contribution in [0.25, 0.3) is 5.00 Å². The summed E-state index contributed by atoms with van der Waals surface area (Å²) in [5.41, 5.74) is 4.09. The normalized spacial score (nSPS) is 16.9. The standard InChI is InChI=1S/C35H36ClFN8O4S/c1-18-19(2)50-35-30(18)31(21-6-8-22(36)9-7-21)40-27(32-44-43-20(3)45(32)35)17-29(47)39-15-5-4-14-38-23-10-11-24(25(37)16-23)33(48)41-26-12-13-28(46)42-34(26)49/h6-11,16,26-27,38H,4-5,12-15,17H2,1-3H3,(H,39,47)(H,41,48)(H,42,46,49)/t26?,27-/m0/s1. The van der Waals surface area contributed by atoms with Crippen molar-refractivity contribution in [2.75, 3.05) is 18.4 Å². The Balaban J connectivity index is 1.03. The summed E-state index contributed by atoms with van der Waals surface area (Å²) >= 11 is 7.85. The predicted molar refractivity (Wildman–Crippen MR) is 189 cm³/mol. The molecule has 12 nitrogen and oxygen atoms in total. The Morgan fingerprint density at radius 2 is 1.82 bits per heavy atom. The lowest BCUT2D eigenvalue weighted by Crippen LogP contribution is -2.52. The van der Waals surface area contributed by atoms with Gasteiger partial charge >= 0.3 is 0 Å². The molecular weight excluding hydrogens is 683 g/mol. The number of thiophene rings is 1. The summed E-state index contributed by atoms with van der Waals surface area (Å²) in [6, 6.07) is 10.2. The molecule has 2 aromatic carbocycles. The Labute approximate surface area is 296 Å². The Morgan fingerprint density at radius 1 is 1.06 bits per heavy atom. The number of nitrogens with zero attached hydrogens (tertiary/aromatic N) is 4. The second kappa shape index (κ2) is 14.9. The van der Waals surface area contributed by atoms with Crippen LogP contribution >= 0.6 is 22.9 Å². The van der Waals surface area contributed by atoms with Crippen LogP contribution in [0, 0.1) is 26.6 Å². The molecule has 4 aromatic rings. The minimum absolute atomic E-state index is 0.0865. The quantitative estimate of drug-likeness (QED) is 0.127. The number of aromatic nitrogens is 3. The van der Waals surface area contributed by atoms with Crippen molar-refractivity contribution in [1.29, 1.82) is 0 Å². The van der Waals surface area contributed by atoms with Crippen molar-refractivity contribution in [3.63, 3.8) is 0 Å². The van der Waals surface area contributed by atoms with Gasteiger partial charge in [-0.1, -0.05) is 23.7 Å². The average Bonchev–Trinajstić information content (AvgIpc) is 3.56. The van der Waals surface area contributed by atoms with Gasteiger partial charge in [0.15, 0.2) is 5.82 Å². The van der Waals surface area contributed by atoms with E-state index in [1.165, 1.54) is 12.1 Å². The van der Waals surface area contributed by atoms with Crippen molar-refractivity contribution >= 4 is 58.0 Å². The third-order valence-electron chi connectivity index (χ3n) is 8.75. The molecule has 1 unspecified atom stereocenters. The first kappa shape index (κ1) is 34.9. The lowest BCUT2D eigenvalue weighted by atomic mass is 9.99. The first-order valence-electron chi connectivity index (χ1n) is 16.3. The molecule has 2 aromatic heterocycles. The molecule has 2 aliphatic heterocycles. The summed E-state index contributed by atoms with van der Waals surface area (Å²) in [6.07, 6.45) is 1.71. The molecule has 4 amide bonds. The zero-order valence-corrected chi connectivity index (χ0v) is 29.3. The first-order valence-corrected chi connectivity index (χ1v) is 17.5. The van der Waals surface area contributed by atoms with E-state index in [-0.39, 0.29) is 30.7 Å². The van der Waals surface area contributed by atoms with Crippen LogP contribution in [0.15, 0.2) is 47.5 Å². The molecule has 0 bridgehead atoms. The highest BCUT2D eigenvalue weighted by molar-refractivity contribution is 7.15. The molecule has 50 heavy (non-hydrogen) atoms. The van der Waals surface area contributed by atoms with Crippen molar-refractivity contribution < 1.29 is 23.6 Å². The number of aryl methyl sites for hydroxylation is 2. The van der Waals surface area contributed by atoms with Gasteiger partial charge in [0.2, 0.25) is 17.7 Å². The number of imide groups is 1. The summed E-state index contributed by atoms with van der Waals surface area (Å²) in [5.74, 6) is -1.31. The van der Waals surface area contributed by atoms with Gasteiger partial charge < -0.3 is 16.0 Å². The lowest BCUT2D eigenvalue weighted by molar-refractivity contribution is -0.134. The summed E-state index contributed by atoms with van der Waals surface area (Å²) in [5, 5.41) is 21.2. The number of fused-ring (bicyclic) bond motifs is 3. The summed E-state index contributed by atoms with van der Waals surface area (Å²) < 4.78 is 16.8. The van der Waals surface area contributed by atoms with Gasteiger partial charge in [0.1, 0.15) is 28.7 Å². The number of halogens is 2. The molecule has 2 aliphatic rings. The summed E-state index contributed by atoms with van der Waals surface area (Å²) in [4.78, 5) is 55.3. The number of benzene rings is 2. The van der Waals surface area contributed by atoms with E-state index in [1.807, 2.05) is 35.8 Å². The number of unbranched alkanes of at least 4 members (excludes halogenated alkanes) is 1. The minimum Gasteiger partial charge on any atom is -0.385 e. The smallest absolute Gasteiger partial charge is 0.254 e. The van der Waals surface area contributed by atoms with Gasteiger partial charge in [-0.3, -0.25) is 34.1 Å². The molecule has 260 valence electrons. The number of hydrogen-bond acceptors (Lipinski definition) is 9. The lowest BCUT2D eigenvalue weighted by Gasteiger charge is -2.22. The van der Waals surface area contributed by atoms with Gasteiger partial charge in [0.25, 0.3) is 5.91 Å². The Bertz CT molecular complexity index is 2010. The largest absolute Gasteiger partial charge is 0.385 e. The van der Waals surface area contributed by atoms with Crippen molar-refractivity contribution in [3.05, 3.63) is 92.1 Å². The number of anilines is 1. The van der Waals surface area contributed by atoms with Crippen LogP contribution in [0.5, 0.6) is 0 Å². The SMILES string of the molecule is Cc1sc2c(c1C)C(c1ccc(Cl)cc1)=N[C@@H](CC(=O)NCCCCNc1ccc(C(=O)NC3CCC(=O)NC3=O)c(F)c1)c1nnc(C)n1-2. The number of rotatable bonds is 11. The van der Waals surface area contributed by atoms with Crippen molar-refractivity contribution in [2.24, 2.45) is 4.99 Å². The number of piperidine rings is 1. The van der Waals surface area contributed by atoms with Gasteiger partial charge in [-0.2, -0.15) is 0 Å². The van der Waals surface area contributed by atoms with E-state index in [0.29, 0.717) is 42.5 Å². The van der Waals surface area contributed by atoms with Crippen LogP contribution < -0.4 is 21.3 Å². The van der Waals surface area contributed by atoms with Crippen LogP contribution in [-0.4, -0.2) is 63.2 Å². The highest BCUT2D eigenvalue weighted by atomic mass is 35.5. The molecule has 4 heterocycles. The van der Waals surface area contributed by atoms with Gasteiger partial charge in [-0.15, -0.1) is 21.5 Å². The van der Waals surface area contributed by atoms with Crippen LogP contribution in [-0.2, 0) is 14.4 Å². The van der Waals surface area contributed by atoms with E-state index < -0.39 is 35.6 Å². The maximum atomic E-state index is 14.8. The maximum absolute atomic E-state index is 14.8. The second-order valence-corrected chi connectivity index (χ2v) is 13.9. The highest BCUT2D eigenvalue weighted by Gasteiger charge is 2.33. The molecule has 0 saturated carbocycles. The fourth-order valence-electron chi connectivity index (χ4n) is 5.97. The average molecular weight is 719 g/mol. The highest BCUT2D eigenvalue weighted by Crippen LogP contribution is 2.39. The molecule has 2 atom stereocenters. The number of amides is 4. The molecule has 4 N–H and O–H groups in total. The van der Waals surface area contributed by atoms with Gasteiger partial charge in [-0.25, -0.2) is 4.39 Å². The number of carbonyl (C=O) groups is 4. The monoisotopic (exact) mass is 718 g/mol. The summed E-state index contributed by atoms with van der Waals surface area (Å²) in [6.45, 7) is 7.00. The van der Waals surface area contributed by atoms with Crippen LogP contribution in [0.2, 0.25) is 5.02 Å². The molecule has 0 aliphatic carbocycles. The molecule has 15 heteroatoms. The van der Waals surface area contributed by atoms with Gasteiger partial charge in [-0.05, 0) is 75.9 Å². The molecule has 1 fully saturated rings. The second-order valence-electron chi connectivity index (χ2n) is 12.3. The number of hydrogen-bond donors (Lipinski definition) is 4. The minimum atomic E-state index is -0.892.